The Morgan fingerprint density at radius 3 is 2.67 bits per heavy atom. The van der Waals surface area contributed by atoms with Crippen molar-refractivity contribution in [1.29, 1.82) is 0 Å². The highest BCUT2D eigenvalue weighted by molar-refractivity contribution is 4.97. The predicted octanol–water partition coefficient (Wildman–Crippen LogP) is 1.81. The molecule has 0 amide bonds. The largest absolute Gasteiger partial charge is 0.377 e. The van der Waals surface area contributed by atoms with Crippen molar-refractivity contribution in [3.05, 3.63) is 0 Å². The summed E-state index contributed by atoms with van der Waals surface area (Å²) in [7, 11) is 1.77. The second kappa shape index (κ2) is 6.46. The molecule has 0 aromatic rings. The summed E-state index contributed by atoms with van der Waals surface area (Å²) in [5, 5.41) is 3.55. The van der Waals surface area contributed by atoms with Crippen LogP contribution in [0, 0.1) is 5.92 Å². The van der Waals surface area contributed by atoms with Crippen LogP contribution in [-0.2, 0) is 9.47 Å². The zero-order valence-corrected chi connectivity index (χ0v) is 10.5. The van der Waals surface area contributed by atoms with Gasteiger partial charge in [-0.1, -0.05) is 20.3 Å². The van der Waals surface area contributed by atoms with Gasteiger partial charge >= 0.3 is 0 Å². The van der Waals surface area contributed by atoms with Gasteiger partial charge in [0, 0.05) is 19.8 Å². The van der Waals surface area contributed by atoms with E-state index in [-0.39, 0.29) is 6.10 Å². The van der Waals surface area contributed by atoms with Crippen LogP contribution in [0.4, 0.5) is 0 Å². The van der Waals surface area contributed by atoms with E-state index < -0.39 is 0 Å². The van der Waals surface area contributed by atoms with Gasteiger partial charge < -0.3 is 14.8 Å². The quantitative estimate of drug-likeness (QED) is 0.702. The summed E-state index contributed by atoms with van der Waals surface area (Å²) < 4.78 is 11.0. The standard InChI is InChI=1S/C12H25NO2/c1-5-9(3)8-13-10-7-11(15-6-2)12(10)14-4/h9-13H,5-8H2,1-4H3. The Labute approximate surface area is 93.5 Å². The summed E-state index contributed by atoms with van der Waals surface area (Å²) in [6.45, 7) is 8.40. The molecule has 1 fully saturated rings. The van der Waals surface area contributed by atoms with Crippen LogP contribution in [0.5, 0.6) is 0 Å². The second-order valence-electron chi connectivity index (χ2n) is 4.46. The molecule has 3 heteroatoms. The molecule has 1 N–H and O–H groups in total. The van der Waals surface area contributed by atoms with E-state index in [4.69, 9.17) is 9.47 Å². The molecule has 0 bridgehead atoms. The molecule has 0 heterocycles. The van der Waals surface area contributed by atoms with Gasteiger partial charge in [0.2, 0.25) is 0 Å². The highest BCUT2D eigenvalue weighted by Gasteiger charge is 2.41. The van der Waals surface area contributed by atoms with Crippen molar-refractivity contribution < 1.29 is 9.47 Å². The van der Waals surface area contributed by atoms with Gasteiger partial charge in [0.25, 0.3) is 0 Å². The lowest BCUT2D eigenvalue weighted by Gasteiger charge is -2.43. The minimum atomic E-state index is 0.244. The van der Waals surface area contributed by atoms with Crippen LogP contribution in [0.15, 0.2) is 0 Å². The lowest BCUT2D eigenvalue weighted by molar-refractivity contribution is -0.131. The summed E-state index contributed by atoms with van der Waals surface area (Å²) >= 11 is 0. The van der Waals surface area contributed by atoms with Crippen LogP contribution in [-0.4, -0.2) is 38.5 Å². The maximum Gasteiger partial charge on any atom is 0.0986 e. The number of hydrogen-bond donors (Lipinski definition) is 1. The fraction of sp³-hybridized carbons (Fsp3) is 1.00. The van der Waals surface area contributed by atoms with E-state index in [0.717, 1.165) is 25.5 Å². The first kappa shape index (κ1) is 12.9. The first-order valence-corrected chi connectivity index (χ1v) is 6.10. The fourth-order valence-corrected chi connectivity index (χ4v) is 1.97. The molecule has 3 nitrogen and oxygen atoms in total. The average Bonchev–Trinajstić information content (AvgIpc) is 2.22. The Kier molecular flexibility index (Phi) is 5.58. The van der Waals surface area contributed by atoms with E-state index >= 15 is 0 Å². The maximum atomic E-state index is 5.58. The summed E-state index contributed by atoms with van der Waals surface area (Å²) in [6.07, 6.45) is 2.86. The van der Waals surface area contributed by atoms with E-state index in [2.05, 4.69) is 19.2 Å². The Morgan fingerprint density at radius 1 is 1.40 bits per heavy atom. The first-order chi connectivity index (χ1) is 7.22. The summed E-state index contributed by atoms with van der Waals surface area (Å²) in [6, 6.07) is 0.487. The Balaban J connectivity index is 2.21. The van der Waals surface area contributed by atoms with Gasteiger partial charge in [0.05, 0.1) is 12.2 Å². The molecule has 0 aromatic carbocycles. The topological polar surface area (TPSA) is 30.5 Å². The van der Waals surface area contributed by atoms with Gasteiger partial charge in [0.1, 0.15) is 0 Å². The zero-order chi connectivity index (χ0) is 11.3. The van der Waals surface area contributed by atoms with Crippen LogP contribution >= 0.6 is 0 Å². The van der Waals surface area contributed by atoms with Crippen LogP contribution in [0.25, 0.3) is 0 Å². The summed E-state index contributed by atoms with van der Waals surface area (Å²) in [5.41, 5.74) is 0. The number of methoxy groups -OCH3 is 1. The molecule has 0 aromatic heterocycles. The van der Waals surface area contributed by atoms with Gasteiger partial charge in [-0.3, -0.25) is 0 Å². The number of rotatable bonds is 7. The van der Waals surface area contributed by atoms with Crippen molar-refractivity contribution in [2.75, 3.05) is 20.3 Å². The Hall–Kier alpha value is -0.120. The van der Waals surface area contributed by atoms with E-state index in [1.165, 1.54) is 6.42 Å². The van der Waals surface area contributed by atoms with Crippen molar-refractivity contribution in [2.45, 2.75) is 51.9 Å². The van der Waals surface area contributed by atoms with Crippen molar-refractivity contribution in [2.24, 2.45) is 5.92 Å². The molecule has 0 spiro atoms. The van der Waals surface area contributed by atoms with Crippen LogP contribution in [0.2, 0.25) is 0 Å². The molecular weight excluding hydrogens is 190 g/mol. The molecule has 0 radical (unpaired) electrons. The van der Waals surface area contributed by atoms with Gasteiger partial charge in [-0.2, -0.15) is 0 Å². The molecule has 90 valence electrons. The highest BCUT2D eigenvalue weighted by atomic mass is 16.5. The average molecular weight is 215 g/mol. The smallest absolute Gasteiger partial charge is 0.0986 e. The molecule has 1 rings (SSSR count). The van der Waals surface area contributed by atoms with E-state index in [0.29, 0.717) is 12.1 Å². The van der Waals surface area contributed by atoms with E-state index in [1.54, 1.807) is 7.11 Å². The van der Waals surface area contributed by atoms with Crippen molar-refractivity contribution in [3.63, 3.8) is 0 Å². The molecule has 4 atom stereocenters. The minimum Gasteiger partial charge on any atom is -0.377 e. The Bertz CT molecular complexity index is 175. The van der Waals surface area contributed by atoms with Crippen LogP contribution in [0.1, 0.15) is 33.6 Å². The second-order valence-corrected chi connectivity index (χ2v) is 4.46. The van der Waals surface area contributed by atoms with Crippen LogP contribution in [0.3, 0.4) is 0 Å². The molecule has 1 aliphatic carbocycles. The zero-order valence-electron chi connectivity index (χ0n) is 10.5. The van der Waals surface area contributed by atoms with Crippen molar-refractivity contribution >= 4 is 0 Å². The molecule has 0 aliphatic heterocycles. The van der Waals surface area contributed by atoms with Crippen molar-refractivity contribution in [3.8, 4) is 0 Å². The number of ether oxygens (including phenoxy) is 2. The third-order valence-corrected chi connectivity index (χ3v) is 3.33. The summed E-state index contributed by atoms with van der Waals surface area (Å²) in [4.78, 5) is 0. The summed E-state index contributed by atoms with van der Waals surface area (Å²) in [5.74, 6) is 0.744. The lowest BCUT2D eigenvalue weighted by Crippen LogP contribution is -2.60. The number of hydrogen-bond acceptors (Lipinski definition) is 3. The number of nitrogens with one attached hydrogen (secondary N) is 1. The fourth-order valence-electron chi connectivity index (χ4n) is 1.97. The molecule has 0 saturated heterocycles. The van der Waals surface area contributed by atoms with Gasteiger partial charge in [-0.15, -0.1) is 0 Å². The van der Waals surface area contributed by atoms with Gasteiger partial charge in [-0.05, 0) is 25.8 Å². The van der Waals surface area contributed by atoms with Gasteiger partial charge in [0.15, 0.2) is 0 Å². The monoisotopic (exact) mass is 215 g/mol. The molecular formula is C12H25NO2. The third-order valence-electron chi connectivity index (χ3n) is 3.33. The molecule has 4 unspecified atom stereocenters. The van der Waals surface area contributed by atoms with Crippen molar-refractivity contribution in [1.82, 2.24) is 5.32 Å². The predicted molar refractivity (Wildman–Crippen MR) is 62.1 cm³/mol. The van der Waals surface area contributed by atoms with Gasteiger partial charge in [-0.25, -0.2) is 0 Å². The van der Waals surface area contributed by atoms with E-state index in [9.17, 15) is 0 Å². The molecule has 1 saturated carbocycles. The Morgan fingerprint density at radius 2 is 2.13 bits per heavy atom. The normalized spacial score (nSPS) is 32.4. The first-order valence-electron chi connectivity index (χ1n) is 6.10. The highest BCUT2D eigenvalue weighted by Crippen LogP contribution is 2.26. The lowest BCUT2D eigenvalue weighted by atomic mass is 9.85. The molecule has 1 aliphatic rings. The molecule has 15 heavy (non-hydrogen) atoms. The SMILES string of the molecule is CCOC1CC(NCC(C)CC)C1OC. The van der Waals surface area contributed by atoms with E-state index in [1.807, 2.05) is 6.92 Å². The minimum absolute atomic E-state index is 0.244. The van der Waals surface area contributed by atoms with Crippen LogP contribution < -0.4 is 5.32 Å². The maximum absolute atomic E-state index is 5.58. The third kappa shape index (κ3) is 3.44.